The Hall–Kier alpha value is -1.40. The molecular formula is C11H10O4S2. The second-order valence-electron chi connectivity index (χ2n) is 3.72. The molecular weight excluding hydrogens is 260 g/mol. The van der Waals surface area contributed by atoms with Crippen LogP contribution in [0.1, 0.15) is 34.6 Å². The second kappa shape index (κ2) is 4.46. The van der Waals surface area contributed by atoms with Crippen molar-refractivity contribution in [3.05, 3.63) is 21.9 Å². The molecule has 17 heavy (non-hydrogen) atoms. The summed E-state index contributed by atoms with van der Waals surface area (Å²) in [5, 5.41) is 12.7. The van der Waals surface area contributed by atoms with E-state index in [9.17, 15) is 9.59 Å². The van der Waals surface area contributed by atoms with Gasteiger partial charge in [0.05, 0.1) is 21.2 Å². The Bertz CT molecular complexity index is 579. The van der Waals surface area contributed by atoms with Gasteiger partial charge in [0.2, 0.25) is 0 Å². The molecule has 6 heteroatoms. The minimum atomic E-state index is -1.02. The van der Waals surface area contributed by atoms with E-state index in [-0.39, 0.29) is 11.7 Å². The van der Waals surface area contributed by atoms with Gasteiger partial charge in [0.15, 0.2) is 0 Å². The van der Waals surface area contributed by atoms with Gasteiger partial charge in [-0.25, -0.2) is 9.59 Å². The lowest BCUT2D eigenvalue weighted by atomic mass is 10.1. The van der Waals surface area contributed by atoms with E-state index in [0.717, 1.165) is 4.01 Å². The fourth-order valence-electron chi connectivity index (χ4n) is 1.44. The highest BCUT2D eigenvalue weighted by Gasteiger charge is 2.21. The van der Waals surface area contributed by atoms with Crippen LogP contribution in [0.15, 0.2) is 10.8 Å². The molecule has 0 saturated carbocycles. The monoisotopic (exact) mass is 270 g/mol. The van der Waals surface area contributed by atoms with Crippen LogP contribution in [0.3, 0.4) is 0 Å². The van der Waals surface area contributed by atoms with Gasteiger partial charge in [0.25, 0.3) is 0 Å². The van der Waals surface area contributed by atoms with E-state index in [1.165, 1.54) is 22.7 Å². The van der Waals surface area contributed by atoms with Crippen LogP contribution < -0.4 is 0 Å². The fraction of sp³-hybridized carbons (Fsp3) is 0.273. The van der Waals surface area contributed by atoms with Gasteiger partial charge in [-0.3, -0.25) is 0 Å². The van der Waals surface area contributed by atoms with Crippen molar-refractivity contribution in [2.24, 2.45) is 0 Å². The minimum Gasteiger partial charge on any atom is -0.478 e. The minimum absolute atomic E-state index is 0.168. The first-order valence-corrected chi connectivity index (χ1v) is 6.69. The molecule has 4 nitrogen and oxygen atoms in total. The van der Waals surface area contributed by atoms with E-state index in [4.69, 9.17) is 9.84 Å². The maximum Gasteiger partial charge on any atom is 0.339 e. The van der Waals surface area contributed by atoms with E-state index < -0.39 is 11.9 Å². The number of carbonyl (C=O) groups excluding carboxylic acids is 1. The highest BCUT2D eigenvalue weighted by atomic mass is 32.2. The van der Waals surface area contributed by atoms with Crippen molar-refractivity contribution < 1.29 is 19.4 Å². The summed E-state index contributed by atoms with van der Waals surface area (Å²) in [5.41, 5.74) is 0.513. The predicted octanol–water partition coefficient (Wildman–Crippen LogP) is 3.23. The van der Waals surface area contributed by atoms with Crippen LogP contribution >= 0.6 is 22.7 Å². The molecule has 0 aliphatic carbocycles. The number of aromatic carboxylic acids is 1. The van der Waals surface area contributed by atoms with Crippen LogP contribution in [0.5, 0.6) is 0 Å². The van der Waals surface area contributed by atoms with Crippen molar-refractivity contribution in [3.8, 4) is 0 Å². The number of carboxylic acid groups (broad SMARTS) is 1. The van der Waals surface area contributed by atoms with Gasteiger partial charge in [-0.15, -0.1) is 22.7 Å². The lowest BCUT2D eigenvalue weighted by Gasteiger charge is -2.06. The van der Waals surface area contributed by atoms with Gasteiger partial charge in [-0.1, -0.05) is 0 Å². The Labute approximate surface area is 105 Å². The summed E-state index contributed by atoms with van der Waals surface area (Å²) in [7, 11) is 0. The molecule has 0 bridgehead atoms. The summed E-state index contributed by atoms with van der Waals surface area (Å²) < 4.78 is 5.92. The fourth-order valence-corrected chi connectivity index (χ4v) is 3.51. The zero-order chi connectivity index (χ0) is 12.6. The quantitative estimate of drug-likeness (QED) is 0.870. The van der Waals surface area contributed by atoms with Crippen LogP contribution in [-0.2, 0) is 4.74 Å². The highest BCUT2D eigenvalue weighted by molar-refractivity contribution is 7.37. The number of hydrogen-bond donors (Lipinski definition) is 1. The lowest BCUT2D eigenvalue weighted by molar-refractivity contribution is 0.0381. The van der Waals surface area contributed by atoms with Crippen molar-refractivity contribution in [3.63, 3.8) is 0 Å². The smallest absolute Gasteiger partial charge is 0.339 e. The number of hydrogen-bond acceptors (Lipinski definition) is 5. The number of rotatable bonds is 3. The molecule has 0 aliphatic rings. The van der Waals surface area contributed by atoms with Crippen molar-refractivity contribution in [2.75, 3.05) is 0 Å². The average Bonchev–Trinajstić information content (AvgIpc) is 2.73. The molecule has 0 spiro atoms. The number of thiophene rings is 2. The van der Waals surface area contributed by atoms with E-state index >= 15 is 0 Å². The van der Waals surface area contributed by atoms with E-state index in [2.05, 4.69) is 0 Å². The molecule has 0 atom stereocenters. The maximum absolute atomic E-state index is 11.8. The van der Waals surface area contributed by atoms with Crippen molar-refractivity contribution in [1.82, 2.24) is 0 Å². The first kappa shape index (κ1) is 12.1. The molecule has 2 heterocycles. The third-order valence-corrected chi connectivity index (χ3v) is 4.22. The Morgan fingerprint density at radius 3 is 2.35 bits per heavy atom. The van der Waals surface area contributed by atoms with Crippen molar-refractivity contribution >= 4 is 44.0 Å². The first-order valence-electron chi connectivity index (χ1n) is 4.93. The number of esters is 1. The van der Waals surface area contributed by atoms with Gasteiger partial charge in [0.1, 0.15) is 0 Å². The molecule has 2 aromatic rings. The van der Waals surface area contributed by atoms with Crippen LogP contribution in [-0.4, -0.2) is 23.1 Å². The normalized spacial score (nSPS) is 11.0. The van der Waals surface area contributed by atoms with E-state index in [0.29, 0.717) is 10.9 Å². The van der Waals surface area contributed by atoms with Gasteiger partial charge in [-0.2, -0.15) is 0 Å². The topological polar surface area (TPSA) is 63.6 Å². The molecule has 0 amide bonds. The third-order valence-electron chi connectivity index (χ3n) is 2.10. The van der Waals surface area contributed by atoms with Crippen molar-refractivity contribution in [2.45, 2.75) is 20.0 Å². The van der Waals surface area contributed by atoms with Crippen LogP contribution in [0.2, 0.25) is 0 Å². The van der Waals surface area contributed by atoms with E-state index in [1.54, 1.807) is 24.6 Å². The standard InChI is InChI=1S/C11H10O4S2/c1-5(2)15-10(14)7-4-17-11-8(7)6(3-16-11)9(12)13/h3-5H,1-2H3,(H,12,13). The molecule has 0 unspecified atom stereocenters. The summed E-state index contributed by atoms with van der Waals surface area (Å²) >= 11 is 2.69. The van der Waals surface area contributed by atoms with Gasteiger partial charge in [-0.05, 0) is 13.8 Å². The highest BCUT2D eigenvalue weighted by Crippen LogP contribution is 2.35. The average molecular weight is 270 g/mol. The summed E-state index contributed by atoms with van der Waals surface area (Å²) in [4.78, 5) is 22.8. The van der Waals surface area contributed by atoms with Gasteiger partial charge < -0.3 is 9.84 Å². The zero-order valence-corrected chi connectivity index (χ0v) is 10.9. The van der Waals surface area contributed by atoms with Crippen LogP contribution in [0.25, 0.3) is 9.40 Å². The summed E-state index contributed by atoms with van der Waals surface area (Å²) in [6.45, 7) is 3.51. The number of fused-ring (bicyclic) bond motifs is 1. The summed E-state index contributed by atoms with van der Waals surface area (Å²) in [6.07, 6.45) is -0.218. The Morgan fingerprint density at radius 1 is 1.24 bits per heavy atom. The van der Waals surface area contributed by atoms with Crippen molar-refractivity contribution in [1.29, 1.82) is 0 Å². The second-order valence-corrected chi connectivity index (χ2v) is 5.74. The molecule has 90 valence electrons. The third kappa shape index (κ3) is 2.18. The molecule has 0 radical (unpaired) electrons. The first-order chi connectivity index (χ1) is 8.00. The molecule has 0 saturated heterocycles. The number of ether oxygens (including phenoxy) is 1. The summed E-state index contributed by atoms with van der Waals surface area (Å²) in [5.74, 6) is -1.49. The molecule has 0 aromatic carbocycles. The predicted molar refractivity (Wildman–Crippen MR) is 67.2 cm³/mol. The molecule has 1 N–H and O–H groups in total. The Kier molecular flexibility index (Phi) is 3.17. The molecule has 2 rings (SSSR count). The molecule has 2 aromatic heterocycles. The lowest BCUT2D eigenvalue weighted by Crippen LogP contribution is -2.11. The zero-order valence-electron chi connectivity index (χ0n) is 9.22. The Balaban J connectivity index is 2.50. The Morgan fingerprint density at radius 2 is 1.82 bits per heavy atom. The number of carbonyl (C=O) groups is 2. The van der Waals surface area contributed by atoms with Crippen LogP contribution in [0, 0.1) is 0 Å². The number of carboxylic acids is 1. The molecule has 0 fully saturated rings. The largest absolute Gasteiger partial charge is 0.478 e. The SMILES string of the molecule is CC(C)OC(=O)c1csc2scc(C(=O)O)c12. The van der Waals surface area contributed by atoms with Gasteiger partial charge >= 0.3 is 11.9 Å². The summed E-state index contributed by atoms with van der Waals surface area (Å²) in [6, 6.07) is 0. The van der Waals surface area contributed by atoms with Crippen LogP contribution in [0.4, 0.5) is 0 Å². The molecule has 0 aliphatic heterocycles. The maximum atomic E-state index is 11.8. The van der Waals surface area contributed by atoms with Gasteiger partial charge in [0, 0.05) is 16.1 Å². The van der Waals surface area contributed by atoms with E-state index in [1.807, 2.05) is 0 Å².